The average Bonchev–Trinajstić information content (AvgIpc) is 2.35. The second-order valence-corrected chi connectivity index (χ2v) is 5.65. The van der Waals surface area contributed by atoms with Crippen LogP contribution in [-0.2, 0) is 14.6 Å². The predicted octanol–water partition coefficient (Wildman–Crippen LogP) is 3.46. The zero-order valence-electron chi connectivity index (χ0n) is 10.5. The molecule has 0 aliphatic heterocycles. The molecule has 0 fully saturated rings. The maximum atomic E-state index is 10.9. The molecule has 100 valence electrons. The fourth-order valence-electron chi connectivity index (χ4n) is 2.07. The van der Waals surface area contributed by atoms with Gasteiger partial charge in [-0.2, -0.15) is 0 Å². The molecule has 1 rings (SSSR count). The maximum Gasteiger partial charge on any atom is 0.695 e. The van der Waals surface area contributed by atoms with Gasteiger partial charge in [0, 0.05) is 9.04 Å². The molecule has 4 nitrogen and oxygen atoms in total. The molecule has 0 spiro atoms. The summed E-state index contributed by atoms with van der Waals surface area (Å²) >= 11 is 3.47. The van der Waals surface area contributed by atoms with Crippen LogP contribution in [0.3, 0.4) is 0 Å². The Morgan fingerprint density at radius 1 is 1.50 bits per heavy atom. The van der Waals surface area contributed by atoms with Gasteiger partial charge in [-0.05, 0) is 24.5 Å². The Morgan fingerprint density at radius 2 is 2.11 bits per heavy atom. The fraction of sp³-hybridized carbons (Fsp3) is 0.500. The van der Waals surface area contributed by atoms with Crippen molar-refractivity contribution in [1.29, 1.82) is 0 Å². The first-order valence-electron chi connectivity index (χ1n) is 5.82. The zero-order chi connectivity index (χ0) is 13.8. The van der Waals surface area contributed by atoms with Gasteiger partial charge in [0.15, 0.2) is 0 Å². The second-order valence-electron chi connectivity index (χ2n) is 4.11. The lowest BCUT2D eigenvalue weighted by atomic mass is 9.82. The van der Waals surface area contributed by atoms with Crippen LogP contribution in [0.5, 0.6) is 0 Å². The summed E-state index contributed by atoms with van der Waals surface area (Å²) in [6.07, 6.45) is 0.666. The van der Waals surface area contributed by atoms with E-state index < -0.39 is 19.9 Å². The van der Waals surface area contributed by atoms with Gasteiger partial charge >= 0.3 is 8.25 Å². The normalized spacial score (nSPS) is 17.1. The molecule has 0 heterocycles. The van der Waals surface area contributed by atoms with Crippen molar-refractivity contribution < 1.29 is 14.0 Å². The van der Waals surface area contributed by atoms with Gasteiger partial charge in [0.2, 0.25) is 0 Å². The van der Waals surface area contributed by atoms with E-state index in [4.69, 9.17) is 15.2 Å². The van der Waals surface area contributed by atoms with Gasteiger partial charge in [-0.1, -0.05) is 48.0 Å². The van der Waals surface area contributed by atoms with Crippen LogP contribution in [-0.4, -0.2) is 11.0 Å². The van der Waals surface area contributed by atoms with E-state index in [9.17, 15) is 4.57 Å². The Labute approximate surface area is 117 Å². The molecule has 0 radical (unpaired) electrons. The minimum Gasteiger partial charge on any atom is -0.319 e. The molecule has 1 aromatic carbocycles. The molecule has 0 aromatic heterocycles. The number of halogens is 1. The van der Waals surface area contributed by atoms with Crippen LogP contribution in [0.1, 0.15) is 32.3 Å². The molecular weight excluding hydrogens is 317 g/mol. The molecule has 3 atom stereocenters. The first-order chi connectivity index (χ1) is 8.45. The van der Waals surface area contributed by atoms with E-state index in [1.807, 2.05) is 38.1 Å². The lowest BCUT2D eigenvalue weighted by molar-refractivity contribution is 0.0944. The largest absolute Gasteiger partial charge is 0.695 e. The van der Waals surface area contributed by atoms with Crippen LogP contribution in [0.4, 0.5) is 0 Å². The van der Waals surface area contributed by atoms with Crippen molar-refractivity contribution in [3.8, 4) is 0 Å². The van der Waals surface area contributed by atoms with Crippen molar-refractivity contribution in [3.63, 3.8) is 0 Å². The molecule has 0 saturated carbocycles. The van der Waals surface area contributed by atoms with Gasteiger partial charge in [-0.15, -0.1) is 9.42 Å². The van der Waals surface area contributed by atoms with Crippen LogP contribution in [0.25, 0.3) is 0 Å². The molecule has 0 bridgehead atoms. The first kappa shape index (κ1) is 15.7. The third-order valence-electron chi connectivity index (χ3n) is 3.12. The minimum atomic E-state index is -2.66. The van der Waals surface area contributed by atoms with Crippen molar-refractivity contribution in [2.75, 3.05) is 0 Å². The van der Waals surface area contributed by atoms with Crippen molar-refractivity contribution >= 4 is 24.2 Å². The third-order valence-corrected chi connectivity index (χ3v) is 4.25. The molecule has 0 aliphatic rings. The molecule has 6 heteroatoms. The Morgan fingerprint density at radius 3 is 2.56 bits per heavy atom. The second kappa shape index (κ2) is 6.73. The lowest BCUT2D eigenvalue weighted by Gasteiger charge is -2.33. The average molecular weight is 335 g/mol. The van der Waals surface area contributed by atoms with Crippen LogP contribution in [0.15, 0.2) is 28.7 Å². The molecule has 1 aromatic rings. The van der Waals surface area contributed by atoms with Gasteiger partial charge in [0.1, 0.15) is 6.10 Å². The van der Waals surface area contributed by atoms with Gasteiger partial charge in [-0.3, -0.25) is 0 Å². The van der Waals surface area contributed by atoms with Crippen LogP contribution >= 0.6 is 24.2 Å². The predicted molar refractivity (Wildman–Crippen MR) is 75.3 cm³/mol. The Balaban J connectivity index is 3.18. The summed E-state index contributed by atoms with van der Waals surface area (Å²) < 4.78 is 16.9. The molecule has 0 aliphatic carbocycles. The molecule has 0 amide bonds. The number of rotatable bonds is 6. The minimum absolute atomic E-state index is 0.505. The molecule has 18 heavy (non-hydrogen) atoms. The number of benzene rings is 1. The topological polar surface area (TPSA) is 72.5 Å². The van der Waals surface area contributed by atoms with E-state index in [1.54, 1.807) is 0 Å². The maximum absolute atomic E-state index is 10.9. The molecule has 3 unspecified atom stereocenters. The summed E-state index contributed by atoms with van der Waals surface area (Å²) in [4.78, 5) is 8.95. The van der Waals surface area contributed by atoms with E-state index in [-0.39, 0.29) is 0 Å². The Hall–Kier alpha value is -0.320. The Bertz CT molecular complexity index is 430. The Kier molecular flexibility index (Phi) is 5.89. The summed E-state index contributed by atoms with van der Waals surface area (Å²) in [5, 5.41) is 0. The van der Waals surface area contributed by atoms with Crippen molar-refractivity contribution in [3.05, 3.63) is 34.3 Å². The van der Waals surface area contributed by atoms with Gasteiger partial charge < -0.3 is 5.73 Å². The summed E-state index contributed by atoms with van der Waals surface area (Å²) in [5.74, 6) is 0. The van der Waals surface area contributed by atoms with E-state index in [1.165, 1.54) is 0 Å². The van der Waals surface area contributed by atoms with Gasteiger partial charge in [-0.25, -0.2) is 0 Å². The number of nitrogens with two attached hydrogens (primary N) is 1. The van der Waals surface area contributed by atoms with E-state index in [2.05, 4.69) is 15.9 Å². The number of hydrogen-bond acceptors (Lipinski definition) is 3. The standard InChI is InChI=1S/C12H17BrNO3P/c1-3-11(17-18(15)16)12(14,4-2)9-7-5-6-8-10(9)13/h5-8,11H,3-4,14H2,1-2H3/p+1. The third kappa shape index (κ3) is 3.37. The quantitative estimate of drug-likeness (QED) is 0.781. The summed E-state index contributed by atoms with van der Waals surface area (Å²) in [6.45, 7) is 3.83. The fourth-order valence-corrected chi connectivity index (χ4v) is 3.28. The highest BCUT2D eigenvalue weighted by Crippen LogP contribution is 2.37. The monoisotopic (exact) mass is 334 g/mol. The van der Waals surface area contributed by atoms with Crippen LogP contribution < -0.4 is 5.73 Å². The van der Waals surface area contributed by atoms with Crippen molar-refractivity contribution in [1.82, 2.24) is 0 Å². The van der Waals surface area contributed by atoms with Crippen LogP contribution in [0.2, 0.25) is 0 Å². The first-order valence-corrected chi connectivity index (χ1v) is 7.74. The van der Waals surface area contributed by atoms with Gasteiger partial charge in [0.25, 0.3) is 0 Å². The number of hydrogen-bond donors (Lipinski definition) is 2. The SMILES string of the molecule is CCC(O[P+](=O)O)C(N)(CC)c1ccccc1Br. The van der Waals surface area contributed by atoms with Crippen molar-refractivity contribution in [2.45, 2.75) is 38.3 Å². The highest BCUT2D eigenvalue weighted by molar-refractivity contribution is 9.10. The molecule has 3 N–H and O–H groups in total. The molecular formula is C12H18BrNO3P+. The summed E-state index contributed by atoms with van der Waals surface area (Å²) in [6, 6.07) is 7.60. The summed E-state index contributed by atoms with van der Waals surface area (Å²) in [5.41, 5.74) is 6.52. The van der Waals surface area contributed by atoms with Crippen molar-refractivity contribution in [2.24, 2.45) is 5.73 Å². The van der Waals surface area contributed by atoms with E-state index in [0.29, 0.717) is 12.8 Å². The van der Waals surface area contributed by atoms with E-state index in [0.717, 1.165) is 10.0 Å². The lowest BCUT2D eigenvalue weighted by Crippen LogP contribution is -2.48. The highest BCUT2D eigenvalue weighted by atomic mass is 79.9. The summed E-state index contributed by atoms with van der Waals surface area (Å²) in [7, 11) is -2.66. The smallest absolute Gasteiger partial charge is 0.319 e. The van der Waals surface area contributed by atoms with Gasteiger partial charge in [0.05, 0.1) is 5.54 Å². The highest BCUT2D eigenvalue weighted by Gasteiger charge is 2.41. The van der Waals surface area contributed by atoms with E-state index >= 15 is 0 Å². The zero-order valence-corrected chi connectivity index (χ0v) is 12.9. The molecule has 0 saturated heterocycles. The van der Waals surface area contributed by atoms with Crippen LogP contribution in [0, 0.1) is 0 Å².